The molecule has 1 aliphatic rings. The van der Waals surface area contributed by atoms with E-state index in [2.05, 4.69) is 10.2 Å². The number of hydrogen-bond acceptors (Lipinski definition) is 3. The Hall–Kier alpha value is -1.30. The summed E-state index contributed by atoms with van der Waals surface area (Å²) in [6.45, 7) is 9.29. The van der Waals surface area contributed by atoms with Crippen molar-refractivity contribution in [2.45, 2.75) is 39.7 Å². The fourth-order valence-electron chi connectivity index (χ4n) is 3.55. The molecular formula is C20H29Cl2N3O2. The van der Waals surface area contributed by atoms with Crippen LogP contribution in [0.25, 0.3) is 0 Å². The molecule has 1 aliphatic heterocycles. The highest BCUT2D eigenvalue weighted by Crippen LogP contribution is 2.26. The summed E-state index contributed by atoms with van der Waals surface area (Å²) < 4.78 is 0. The van der Waals surface area contributed by atoms with Gasteiger partial charge in [-0.05, 0) is 64.4 Å². The van der Waals surface area contributed by atoms with Crippen molar-refractivity contribution in [1.82, 2.24) is 15.1 Å². The van der Waals surface area contributed by atoms with Gasteiger partial charge in [-0.2, -0.15) is 0 Å². The van der Waals surface area contributed by atoms with Crippen LogP contribution in [0, 0.1) is 5.92 Å². The molecule has 0 aliphatic carbocycles. The SMILES string of the molecule is CCN(CC)C(=O)C1CCN(CC(=O)NC(C)c2ccc(Cl)cc2Cl)CC1. The highest BCUT2D eigenvalue weighted by atomic mass is 35.5. The molecule has 0 saturated carbocycles. The first-order chi connectivity index (χ1) is 12.8. The number of rotatable bonds is 7. The Kier molecular flexibility index (Phi) is 8.39. The smallest absolute Gasteiger partial charge is 0.234 e. The minimum atomic E-state index is -0.191. The van der Waals surface area contributed by atoms with Gasteiger partial charge in [0.05, 0.1) is 12.6 Å². The molecule has 0 aromatic heterocycles. The molecule has 1 fully saturated rings. The van der Waals surface area contributed by atoms with E-state index >= 15 is 0 Å². The van der Waals surface area contributed by atoms with Crippen LogP contribution in [0.15, 0.2) is 18.2 Å². The van der Waals surface area contributed by atoms with Crippen molar-refractivity contribution in [3.05, 3.63) is 33.8 Å². The molecule has 27 heavy (non-hydrogen) atoms. The number of carbonyl (C=O) groups excluding carboxylic acids is 2. The fraction of sp³-hybridized carbons (Fsp3) is 0.600. The van der Waals surface area contributed by atoms with Crippen LogP contribution in [0.3, 0.4) is 0 Å². The molecule has 1 heterocycles. The van der Waals surface area contributed by atoms with Gasteiger partial charge in [-0.15, -0.1) is 0 Å². The van der Waals surface area contributed by atoms with Gasteiger partial charge >= 0.3 is 0 Å². The van der Waals surface area contributed by atoms with Gasteiger partial charge in [0.2, 0.25) is 11.8 Å². The maximum atomic E-state index is 12.5. The monoisotopic (exact) mass is 413 g/mol. The predicted octanol–water partition coefficient (Wildman–Crippen LogP) is 3.75. The molecule has 7 heteroatoms. The molecule has 1 saturated heterocycles. The minimum Gasteiger partial charge on any atom is -0.348 e. The average molecular weight is 414 g/mol. The van der Waals surface area contributed by atoms with Crippen LogP contribution in [0.4, 0.5) is 0 Å². The lowest BCUT2D eigenvalue weighted by Crippen LogP contribution is -2.45. The molecule has 2 rings (SSSR count). The third kappa shape index (κ3) is 6.09. The maximum absolute atomic E-state index is 12.5. The lowest BCUT2D eigenvalue weighted by atomic mass is 9.95. The van der Waals surface area contributed by atoms with Gasteiger partial charge in [-0.3, -0.25) is 14.5 Å². The largest absolute Gasteiger partial charge is 0.348 e. The third-order valence-corrected chi connectivity index (χ3v) is 5.75. The Bertz CT molecular complexity index is 657. The lowest BCUT2D eigenvalue weighted by molar-refractivity contribution is -0.136. The summed E-state index contributed by atoms with van der Waals surface area (Å²) in [4.78, 5) is 28.8. The average Bonchev–Trinajstić information content (AvgIpc) is 2.63. The molecule has 1 aromatic rings. The van der Waals surface area contributed by atoms with Gasteiger partial charge in [-0.1, -0.05) is 29.3 Å². The van der Waals surface area contributed by atoms with Gasteiger partial charge in [0.1, 0.15) is 0 Å². The zero-order valence-electron chi connectivity index (χ0n) is 16.3. The highest BCUT2D eigenvalue weighted by Gasteiger charge is 2.28. The molecule has 2 amide bonds. The lowest BCUT2D eigenvalue weighted by Gasteiger charge is -2.33. The van der Waals surface area contributed by atoms with Crippen LogP contribution in [0.5, 0.6) is 0 Å². The third-order valence-electron chi connectivity index (χ3n) is 5.19. The zero-order chi connectivity index (χ0) is 20.0. The second-order valence-electron chi connectivity index (χ2n) is 7.02. The van der Waals surface area contributed by atoms with Gasteiger partial charge in [0.25, 0.3) is 0 Å². The Morgan fingerprint density at radius 3 is 2.41 bits per heavy atom. The molecule has 0 bridgehead atoms. The first kappa shape index (κ1) is 22.0. The van der Waals surface area contributed by atoms with E-state index < -0.39 is 0 Å². The highest BCUT2D eigenvalue weighted by molar-refractivity contribution is 6.35. The number of carbonyl (C=O) groups is 2. The molecule has 5 nitrogen and oxygen atoms in total. The summed E-state index contributed by atoms with van der Waals surface area (Å²) in [6, 6.07) is 5.09. The van der Waals surface area contributed by atoms with Crippen molar-refractivity contribution in [1.29, 1.82) is 0 Å². The van der Waals surface area contributed by atoms with Crippen molar-refractivity contribution in [3.63, 3.8) is 0 Å². The van der Waals surface area contributed by atoms with Gasteiger partial charge in [0.15, 0.2) is 0 Å². The second kappa shape index (κ2) is 10.3. The normalized spacial score (nSPS) is 16.8. The number of nitrogens with one attached hydrogen (secondary N) is 1. The van der Waals surface area contributed by atoms with Crippen LogP contribution in [0.2, 0.25) is 10.0 Å². The minimum absolute atomic E-state index is 0.0398. The summed E-state index contributed by atoms with van der Waals surface area (Å²) in [6.07, 6.45) is 1.61. The van der Waals surface area contributed by atoms with Gasteiger partial charge in [-0.25, -0.2) is 0 Å². The fourth-order valence-corrected chi connectivity index (χ4v) is 4.12. The molecule has 0 radical (unpaired) electrons. The molecule has 0 spiro atoms. The van der Waals surface area contributed by atoms with Crippen LogP contribution in [0.1, 0.15) is 45.2 Å². The summed E-state index contributed by atoms with van der Waals surface area (Å²) in [5.74, 6) is 0.285. The summed E-state index contributed by atoms with van der Waals surface area (Å²) in [7, 11) is 0. The zero-order valence-corrected chi connectivity index (χ0v) is 17.8. The number of benzene rings is 1. The quantitative estimate of drug-likeness (QED) is 0.740. The Morgan fingerprint density at radius 2 is 1.85 bits per heavy atom. The van der Waals surface area contributed by atoms with E-state index in [-0.39, 0.29) is 23.8 Å². The standard InChI is InChI=1S/C20H29Cl2N3O2/c1-4-25(5-2)20(27)15-8-10-24(11-9-15)13-19(26)23-14(3)17-7-6-16(21)12-18(17)22/h6-7,12,14-15H,4-5,8-11,13H2,1-3H3,(H,23,26). The number of amides is 2. The second-order valence-corrected chi connectivity index (χ2v) is 7.86. The van der Waals surface area contributed by atoms with Crippen LogP contribution in [-0.2, 0) is 9.59 Å². The molecule has 150 valence electrons. The van der Waals surface area contributed by atoms with E-state index in [0.29, 0.717) is 16.6 Å². The molecular weight excluding hydrogens is 385 g/mol. The van der Waals surface area contributed by atoms with E-state index in [1.807, 2.05) is 31.7 Å². The molecule has 1 N–H and O–H groups in total. The summed E-state index contributed by atoms with van der Waals surface area (Å²) >= 11 is 12.1. The van der Waals surface area contributed by atoms with Crippen molar-refractivity contribution in [2.75, 3.05) is 32.7 Å². The van der Waals surface area contributed by atoms with E-state index in [1.165, 1.54) is 0 Å². The van der Waals surface area contributed by atoms with Crippen LogP contribution < -0.4 is 5.32 Å². The van der Waals surface area contributed by atoms with Crippen molar-refractivity contribution >= 4 is 35.0 Å². The topological polar surface area (TPSA) is 52.7 Å². The predicted molar refractivity (Wildman–Crippen MR) is 110 cm³/mol. The van der Waals surface area contributed by atoms with Crippen molar-refractivity contribution in [2.24, 2.45) is 5.92 Å². The van der Waals surface area contributed by atoms with Crippen molar-refractivity contribution in [3.8, 4) is 0 Å². The molecule has 1 unspecified atom stereocenters. The van der Waals surface area contributed by atoms with Gasteiger partial charge in [0, 0.05) is 29.1 Å². The Labute approximate surface area is 172 Å². The van der Waals surface area contributed by atoms with Crippen LogP contribution in [-0.4, -0.2) is 54.3 Å². The molecule has 1 atom stereocenters. The number of piperidine rings is 1. The maximum Gasteiger partial charge on any atom is 0.234 e. The summed E-state index contributed by atoms with van der Waals surface area (Å²) in [5, 5.41) is 4.11. The first-order valence-corrected chi connectivity index (χ1v) is 10.4. The van der Waals surface area contributed by atoms with E-state index in [0.717, 1.165) is 44.6 Å². The molecule has 1 aromatic carbocycles. The summed E-state index contributed by atoms with van der Waals surface area (Å²) in [5.41, 5.74) is 0.845. The van der Waals surface area contributed by atoms with E-state index in [4.69, 9.17) is 23.2 Å². The first-order valence-electron chi connectivity index (χ1n) is 9.61. The Morgan fingerprint density at radius 1 is 1.22 bits per heavy atom. The number of nitrogens with zero attached hydrogens (tertiary/aromatic N) is 2. The Balaban J connectivity index is 1.81. The van der Waals surface area contributed by atoms with E-state index in [9.17, 15) is 9.59 Å². The van der Waals surface area contributed by atoms with Crippen LogP contribution >= 0.6 is 23.2 Å². The van der Waals surface area contributed by atoms with Gasteiger partial charge < -0.3 is 10.2 Å². The van der Waals surface area contributed by atoms with Crippen molar-refractivity contribution < 1.29 is 9.59 Å². The number of hydrogen-bond donors (Lipinski definition) is 1. The number of likely N-dealkylation sites (tertiary alicyclic amines) is 1. The van der Waals surface area contributed by atoms with E-state index in [1.54, 1.807) is 12.1 Å². The number of halogens is 2.